The summed E-state index contributed by atoms with van der Waals surface area (Å²) >= 11 is 0. The van der Waals surface area contributed by atoms with E-state index in [0.29, 0.717) is 30.5 Å². The monoisotopic (exact) mass is 572 g/mol. The molecule has 1 aliphatic heterocycles. The van der Waals surface area contributed by atoms with Crippen LogP contribution in [0.5, 0.6) is 0 Å². The largest absolute Gasteiger partial charge is 0.444 e. The van der Waals surface area contributed by atoms with Crippen molar-refractivity contribution in [2.24, 2.45) is 11.8 Å². The van der Waals surface area contributed by atoms with Gasteiger partial charge in [-0.2, -0.15) is 0 Å². The molecule has 2 N–H and O–H groups in total. The van der Waals surface area contributed by atoms with Crippen molar-refractivity contribution < 1.29 is 14.3 Å². The number of pyridine rings is 2. The minimum atomic E-state index is -0.493. The van der Waals surface area contributed by atoms with E-state index in [-0.39, 0.29) is 12.0 Å². The van der Waals surface area contributed by atoms with Crippen LogP contribution in [0, 0.1) is 11.8 Å². The Labute approximate surface area is 249 Å². The summed E-state index contributed by atoms with van der Waals surface area (Å²) in [5, 5.41) is 6.96. The van der Waals surface area contributed by atoms with Crippen LogP contribution in [0.25, 0.3) is 22.2 Å². The molecule has 42 heavy (non-hydrogen) atoms. The molecule has 224 valence electrons. The third kappa shape index (κ3) is 7.76. The van der Waals surface area contributed by atoms with Gasteiger partial charge in [-0.15, -0.1) is 0 Å². The van der Waals surface area contributed by atoms with Gasteiger partial charge in [0.05, 0.1) is 16.8 Å². The van der Waals surface area contributed by atoms with Gasteiger partial charge in [0.1, 0.15) is 11.4 Å². The highest BCUT2D eigenvalue weighted by Crippen LogP contribution is 2.29. The van der Waals surface area contributed by atoms with Crippen molar-refractivity contribution in [1.29, 1.82) is 0 Å². The van der Waals surface area contributed by atoms with E-state index in [2.05, 4.69) is 39.6 Å². The maximum atomic E-state index is 13.5. The highest BCUT2D eigenvalue weighted by atomic mass is 16.6. The van der Waals surface area contributed by atoms with E-state index >= 15 is 0 Å². The van der Waals surface area contributed by atoms with Gasteiger partial charge in [0.15, 0.2) is 0 Å². The summed E-state index contributed by atoms with van der Waals surface area (Å²) in [4.78, 5) is 39.7. The Morgan fingerprint density at radius 1 is 0.929 bits per heavy atom. The van der Waals surface area contributed by atoms with E-state index in [1.165, 1.54) is 0 Å². The van der Waals surface area contributed by atoms with Crippen LogP contribution in [0.1, 0.15) is 56.8 Å². The van der Waals surface area contributed by atoms with Crippen LogP contribution in [0.3, 0.4) is 0 Å². The van der Waals surface area contributed by atoms with Gasteiger partial charge in [0, 0.05) is 56.4 Å². The summed E-state index contributed by atoms with van der Waals surface area (Å²) in [5.41, 5.74) is 2.57. The summed E-state index contributed by atoms with van der Waals surface area (Å²) in [6.07, 6.45) is 5.60. The molecule has 1 saturated carbocycles. The number of nitrogens with one attached hydrogen (secondary N) is 2. The Balaban J connectivity index is 1.19. The number of para-hydroxylation sites is 1. The highest BCUT2D eigenvalue weighted by Gasteiger charge is 2.24. The lowest BCUT2D eigenvalue weighted by molar-refractivity contribution is 0.0512. The zero-order valence-electron chi connectivity index (χ0n) is 25.4. The normalized spacial score (nSPS) is 19.9. The van der Waals surface area contributed by atoms with Gasteiger partial charge >= 0.3 is 6.09 Å². The van der Waals surface area contributed by atoms with Crippen LogP contribution < -0.4 is 15.5 Å². The molecule has 0 spiro atoms. The number of rotatable bonds is 7. The van der Waals surface area contributed by atoms with Gasteiger partial charge in [-0.25, -0.2) is 14.8 Å². The SMILES string of the molecule is CN1CCN(c2ccc(-c3cc(C(=O)NCC4CCC(CNC(=O)OC(C)(C)C)CC4)c4ccccc4n3)cn2)CC1. The second kappa shape index (κ2) is 13.1. The molecule has 1 saturated heterocycles. The van der Waals surface area contributed by atoms with E-state index < -0.39 is 5.60 Å². The van der Waals surface area contributed by atoms with Gasteiger partial charge in [0.25, 0.3) is 5.91 Å². The van der Waals surface area contributed by atoms with Crippen LogP contribution in [0.15, 0.2) is 48.7 Å². The van der Waals surface area contributed by atoms with Crippen molar-refractivity contribution in [1.82, 2.24) is 25.5 Å². The average molecular weight is 573 g/mol. The van der Waals surface area contributed by atoms with Gasteiger partial charge < -0.3 is 25.2 Å². The molecule has 3 heterocycles. The number of amides is 2. The lowest BCUT2D eigenvalue weighted by Gasteiger charge is -2.33. The van der Waals surface area contributed by atoms with Crippen LogP contribution in [-0.4, -0.2) is 78.8 Å². The first-order chi connectivity index (χ1) is 20.1. The second-order valence-corrected chi connectivity index (χ2v) is 12.7. The van der Waals surface area contributed by atoms with Crippen molar-refractivity contribution >= 4 is 28.7 Å². The van der Waals surface area contributed by atoms with Gasteiger partial charge in [-0.1, -0.05) is 18.2 Å². The minimum Gasteiger partial charge on any atom is -0.444 e. The lowest BCUT2D eigenvalue weighted by atomic mass is 9.82. The quantitative estimate of drug-likeness (QED) is 0.406. The third-order valence-corrected chi connectivity index (χ3v) is 8.28. The number of hydrogen-bond acceptors (Lipinski definition) is 7. The Morgan fingerprint density at radius 2 is 1.60 bits per heavy atom. The molecular formula is C33H44N6O3. The fourth-order valence-corrected chi connectivity index (χ4v) is 5.79. The molecule has 3 aromatic rings. The summed E-state index contributed by atoms with van der Waals surface area (Å²) in [5.74, 6) is 1.75. The molecule has 2 aromatic heterocycles. The number of nitrogens with zero attached hydrogens (tertiary/aromatic N) is 4. The Morgan fingerprint density at radius 3 is 2.24 bits per heavy atom. The Hall–Kier alpha value is -3.72. The molecule has 9 nitrogen and oxygen atoms in total. The molecule has 0 unspecified atom stereocenters. The number of carbonyl (C=O) groups excluding carboxylic acids is 2. The first-order valence-corrected chi connectivity index (χ1v) is 15.2. The smallest absolute Gasteiger partial charge is 0.407 e. The van der Waals surface area contributed by atoms with Crippen LogP contribution in [0.2, 0.25) is 0 Å². The number of hydrogen-bond donors (Lipinski definition) is 2. The molecule has 0 atom stereocenters. The Bertz CT molecular complexity index is 1370. The number of carbonyl (C=O) groups is 2. The third-order valence-electron chi connectivity index (χ3n) is 8.28. The van der Waals surface area contributed by atoms with Gasteiger partial charge in [-0.3, -0.25) is 4.79 Å². The molecule has 1 aliphatic carbocycles. The highest BCUT2D eigenvalue weighted by molar-refractivity contribution is 6.07. The number of aromatic nitrogens is 2. The molecule has 2 aliphatic rings. The molecule has 2 fully saturated rings. The number of piperazine rings is 1. The maximum absolute atomic E-state index is 13.5. The molecule has 0 bridgehead atoms. The van der Waals surface area contributed by atoms with Crippen molar-refractivity contribution in [2.75, 3.05) is 51.2 Å². The summed E-state index contributed by atoms with van der Waals surface area (Å²) in [7, 11) is 2.15. The average Bonchev–Trinajstić information content (AvgIpc) is 2.98. The molecule has 5 rings (SSSR count). The van der Waals surface area contributed by atoms with E-state index in [4.69, 9.17) is 14.7 Å². The molecule has 1 aromatic carbocycles. The van der Waals surface area contributed by atoms with Crippen molar-refractivity contribution in [3.05, 3.63) is 54.2 Å². The molecule has 2 amide bonds. The number of likely N-dealkylation sites (N-methyl/N-ethyl adjacent to an activating group) is 1. The topological polar surface area (TPSA) is 99.7 Å². The fourth-order valence-electron chi connectivity index (χ4n) is 5.79. The van der Waals surface area contributed by atoms with Crippen molar-refractivity contribution in [3.63, 3.8) is 0 Å². The van der Waals surface area contributed by atoms with Crippen LogP contribution in [0.4, 0.5) is 10.6 Å². The standard InChI is InChI=1S/C33H44N6O3/c1-33(2,3)42-32(41)36-21-24-11-9-23(10-12-24)20-35-31(40)27-19-29(37-28-8-6-5-7-26(27)28)25-13-14-30(34-22-25)39-17-15-38(4)16-18-39/h5-8,13-14,19,22-24H,9-12,15-18,20-21H2,1-4H3,(H,35,40)(H,36,41). The predicted molar refractivity (Wildman–Crippen MR) is 167 cm³/mol. The zero-order valence-corrected chi connectivity index (χ0v) is 25.4. The molecule has 9 heteroatoms. The van der Waals surface area contributed by atoms with E-state index in [0.717, 1.165) is 79.8 Å². The predicted octanol–water partition coefficient (Wildman–Crippen LogP) is 5.11. The lowest BCUT2D eigenvalue weighted by Crippen LogP contribution is -2.44. The van der Waals surface area contributed by atoms with Crippen LogP contribution in [-0.2, 0) is 4.74 Å². The van der Waals surface area contributed by atoms with Gasteiger partial charge in [0.2, 0.25) is 0 Å². The number of alkyl carbamates (subject to hydrolysis) is 1. The second-order valence-electron chi connectivity index (χ2n) is 12.7. The number of fused-ring (bicyclic) bond motifs is 1. The number of benzene rings is 1. The van der Waals surface area contributed by atoms with Crippen molar-refractivity contribution in [2.45, 2.75) is 52.1 Å². The van der Waals surface area contributed by atoms with E-state index in [1.54, 1.807) is 0 Å². The molecule has 0 radical (unpaired) electrons. The summed E-state index contributed by atoms with van der Waals surface area (Å²) in [6, 6.07) is 13.8. The van der Waals surface area contributed by atoms with Crippen LogP contribution >= 0.6 is 0 Å². The van der Waals surface area contributed by atoms with Crippen molar-refractivity contribution in [3.8, 4) is 11.3 Å². The first-order valence-electron chi connectivity index (χ1n) is 15.2. The van der Waals surface area contributed by atoms with E-state index in [9.17, 15) is 9.59 Å². The number of anilines is 1. The van der Waals surface area contributed by atoms with E-state index in [1.807, 2.05) is 57.3 Å². The number of ether oxygens (including phenoxy) is 1. The molecular weight excluding hydrogens is 528 g/mol. The maximum Gasteiger partial charge on any atom is 0.407 e. The summed E-state index contributed by atoms with van der Waals surface area (Å²) < 4.78 is 5.35. The van der Waals surface area contributed by atoms with Gasteiger partial charge in [-0.05, 0) is 89.6 Å². The summed E-state index contributed by atoms with van der Waals surface area (Å²) in [6.45, 7) is 10.9. The first kappa shape index (κ1) is 29.8. The fraction of sp³-hybridized carbons (Fsp3) is 0.515. The zero-order chi connectivity index (χ0) is 29.7. The minimum absolute atomic E-state index is 0.0782. The Kier molecular flexibility index (Phi) is 9.26.